The Morgan fingerprint density at radius 3 is 2.34 bits per heavy atom. The van der Waals surface area contributed by atoms with E-state index in [9.17, 15) is 9.59 Å². The second kappa shape index (κ2) is 8.41. The number of ketones is 1. The van der Waals surface area contributed by atoms with E-state index >= 15 is 0 Å². The summed E-state index contributed by atoms with van der Waals surface area (Å²) in [6.07, 6.45) is 0. The highest BCUT2D eigenvalue weighted by Crippen LogP contribution is 2.25. The first-order valence-corrected chi connectivity index (χ1v) is 9.28. The Morgan fingerprint density at radius 2 is 1.72 bits per heavy atom. The van der Waals surface area contributed by atoms with Gasteiger partial charge in [-0.1, -0.05) is 11.6 Å². The van der Waals surface area contributed by atoms with Gasteiger partial charge in [0.15, 0.2) is 6.61 Å². The molecule has 0 saturated carbocycles. The predicted molar refractivity (Wildman–Crippen MR) is 112 cm³/mol. The summed E-state index contributed by atoms with van der Waals surface area (Å²) < 4.78 is 12.8. The van der Waals surface area contributed by atoms with Crippen LogP contribution in [0.5, 0.6) is 11.5 Å². The van der Waals surface area contributed by atoms with Gasteiger partial charge >= 0.3 is 0 Å². The van der Waals surface area contributed by atoms with E-state index in [0.29, 0.717) is 10.6 Å². The van der Waals surface area contributed by atoms with Gasteiger partial charge in [0.2, 0.25) is 5.78 Å². The number of amides is 1. The van der Waals surface area contributed by atoms with Gasteiger partial charge in [0.25, 0.3) is 5.91 Å². The number of rotatable bonds is 7. The van der Waals surface area contributed by atoms with Gasteiger partial charge in [-0.05, 0) is 62.4 Å². The monoisotopic (exact) mass is 412 g/mol. The maximum atomic E-state index is 12.8. The fraction of sp³-hybridized carbons (Fsp3) is 0.182. The molecule has 1 amide bonds. The molecule has 7 heteroatoms. The van der Waals surface area contributed by atoms with Crippen molar-refractivity contribution in [1.82, 2.24) is 4.57 Å². The van der Waals surface area contributed by atoms with Gasteiger partial charge in [0.05, 0.1) is 12.7 Å². The van der Waals surface area contributed by atoms with E-state index in [1.807, 2.05) is 48.7 Å². The molecule has 0 spiro atoms. The van der Waals surface area contributed by atoms with Gasteiger partial charge in [0, 0.05) is 27.7 Å². The number of carbonyl (C=O) groups excluding carboxylic acids is 2. The summed E-state index contributed by atoms with van der Waals surface area (Å²) in [6, 6.07) is 13.9. The number of nitrogens with two attached hydrogens (primary N) is 1. The molecule has 0 radical (unpaired) electrons. The zero-order valence-corrected chi connectivity index (χ0v) is 17.1. The molecule has 0 aliphatic carbocycles. The smallest absolute Gasteiger partial charge is 0.252 e. The Kier molecular flexibility index (Phi) is 5.94. The van der Waals surface area contributed by atoms with Gasteiger partial charge in [-0.3, -0.25) is 9.59 Å². The minimum atomic E-state index is -0.673. The fourth-order valence-electron chi connectivity index (χ4n) is 3.22. The second-order valence-corrected chi connectivity index (χ2v) is 6.97. The molecule has 29 heavy (non-hydrogen) atoms. The maximum Gasteiger partial charge on any atom is 0.252 e. The first kappa shape index (κ1) is 20.5. The number of aromatic nitrogens is 1. The van der Waals surface area contributed by atoms with E-state index < -0.39 is 5.91 Å². The number of ether oxygens (including phenoxy) is 2. The van der Waals surface area contributed by atoms with E-state index in [4.69, 9.17) is 26.8 Å². The number of nitrogens with zero attached hydrogens (tertiary/aromatic N) is 1. The van der Waals surface area contributed by atoms with Crippen LogP contribution < -0.4 is 15.2 Å². The fourth-order valence-corrected chi connectivity index (χ4v) is 3.39. The van der Waals surface area contributed by atoms with Gasteiger partial charge in [-0.2, -0.15) is 0 Å². The summed E-state index contributed by atoms with van der Waals surface area (Å²) >= 11 is 5.90. The summed E-state index contributed by atoms with van der Waals surface area (Å²) in [5, 5.41) is 0.362. The third kappa shape index (κ3) is 4.27. The molecule has 2 N–H and O–H groups in total. The molecule has 6 nitrogen and oxygen atoms in total. The largest absolute Gasteiger partial charge is 0.497 e. The van der Waals surface area contributed by atoms with Crippen molar-refractivity contribution in [3.05, 3.63) is 76.1 Å². The van der Waals surface area contributed by atoms with Gasteiger partial charge < -0.3 is 19.8 Å². The van der Waals surface area contributed by atoms with Gasteiger partial charge in [0.1, 0.15) is 11.5 Å². The number of Topliss-reactive ketones (excluding diaryl/α,β-unsaturated/α-hetero) is 1. The molecule has 0 saturated heterocycles. The van der Waals surface area contributed by atoms with Crippen LogP contribution in [0.2, 0.25) is 5.02 Å². The van der Waals surface area contributed by atoms with Crippen LogP contribution in [0.1, 0.15) is 32.1 Å². The number of aryl methyl sites for hydroxylation is 1. The molecular weight excluding hydrogens is 392 g/mol. The molecular formula is C22H21ClN2O4. The molecule has 2 aromatic carbocycles. The molecule has 0 aliphatic rings. The van der Waals surface area contributed by atoms with Crippen molar-refractivity contribution in [3.8, 4) is 17.2 Å². The topological polar surface area (TPSA) is 83.6 Å². The number of benzene rings is 2. The van der Waals surface area contributed by atoms with Crippen molar-refractivity contribution in [2.24, 2.45) is 5.73 Å². The molecule has 3 aromatic rings. The van der Waals surface area contributed by atoms with Crippen LogP contribution in [0.15, 0.2) is 48.5 Å². The summed E-state index contributed by atoms with van der Waals surface area (Å²) in [6.45, 7) is 3.58. The van der Waals surface area contributed by atoms with Crippen LogP contribution in [0.3, 0.4) is 0 Å². The van der Waals surface area contributed by atoms with Crippen LogP contribution in [0.4, 0.5) is 0 Å². The van der Waals surface area contributed by atoms with E-state index in [2.05, 4.69) is 0 Å². The highest BCUT2D eigenvalue weighted by molar-refractivity contribution is 6.31. The number of carbonyl (C=O) groups is 2. The van der Waals surface area contributed by atoms with Crippen molar-refractivity contribution in [1.29, 1.82) is 0 Å². The summed E-state index contributed by atoms with van der Waals surface area (Å²) in [4.78, 5) is 24.4. The van der Waals surface area contributed by atoms with Crippen LogP contribution >= 0.6 is 11.6 Å². The van der Waals surface area contributed by atoms with E-state index in [1.165, 1.54) is 12.1 Å². The third-order valence-corrected chi connectivity index (χ3v) is 4.86. The van der Waals surface area contributed by atoms with Crippen molar-refractivity contribution in [3.63, 3.8) is 0 Å². The van der Waals surface area contributed by atoms with Crippen LogP contribution in [-0.2, 0) is 0 Å². The number of primary amides is 1. The Labute approximate surface area is 173 Å². The highest BCUT2D eigenvalue weighted by atomic mass is 35.5. The normalized spacial score (nSPS) is 10.6. The lowest BCUT2D eigenvalue weighted by Gasteiger charge is -2.11. The van der Waals surface area contributed by atoms with E-state index in [-0.39, 0.29) is 23.7 Å². The SMILES string of the molecule is COc1ccc(-n2c(C)cc(C(=O)COc3ccc(Cl)cc3C(N)=O)c2C)cc1. The molecule has 150 valence electrons. The molecule has 0 fully saturated rings. The van der Waals surface area contributed by atoms with Crippen molar-refractivity contribution < 1.29 is 19.1 Å². The minimum absolute atomic E-state index is 0.133. The highest BCUT2D eigenvalue weighted by Gasteiger charge is 2.18. The lowest BCUT2D eigenvalue weighted by Crippen LogP contribution is -2.17. The number of methoxy groups -OCH3 is 1. The average molecular weight is 413 g/mol. The summed E-state index contributed by atoms with van der Waals surface area (Å²) in [5.74, 6) is 0.101. The molecule has 0 aliphatic heterocycles. The third-order valence-electron chi connectivity index (χ3n) is 4.63. The molecule has 1 aromatic heterocycles. The Bertz CT molecular complexity index is 1070. The Morgan fingerprint density at radius 1 is 1.03 bits per heavy atom. The number of hydrogen-bond donors (Lipinski definition) is 1. The maximum absolute atomic E-state index is 12.8. The number of hydrogen-bond acceptors (Lipinski definition) is 4. The van der Waals surface area contributed by atoms with Crippen molar-refractivity contribution >= 4 is 23.3 Å². The van der Waals surface area contributed by atoms with Crippen LogP contribution in [0.25, 0.3) is 5.69 Å². The summed E-state index contributed by atoms with van der Waals surface area (Å²) in [7, 11) is 1.61. The Balaban J connectivity index is 1.83. The van der Waals surface area contributed by atoms with Crippen molar-refractivity contribution in [2.45, 2.75) is 13.8 Å². The number of halogens is 1. The standard InChI is InChI=1S/C22H21ClN2O4/c1-13-10-18(14(2)25(13)16-5-7-17(28-3)8-6-16)20(26)12-29-21-9-4-15(23)11-19(21)22(24)27/h4-11H,12H2,1-3H3,(H2,24,27). The lowest BCUT2D eigenvalue weighted by atomic mass is 10.1. The quantitative estimate of drug-likeness (QED) is 0.592. The van der Waals surface area contributed by atoms with Crippen LogP contribution in [0, 0.1) is 13.8 Å². The molecule has 3 rings (SSSR count). The van der Waals surface area contributed by atoms with Gasteiger partial charge in [-0.25, -0.2) is 0 Å². The predicted octanol–water partition coefficient (Wildman–Crippen LogP) is 4.12. The summed E-state index contributed by atoms with van der Waals surface area (Å²) in [5.41, 5.74) is 8.68. The minimum Gasteiger partial charge on any atom is -0.497 e. The average Bonchev–Trinajstić information content (AvgIpc) is 3.01. The van der Waals surface area contributed by atoms with Gasteiger partial charge in [-0.15, -0.1) is 0 Å². The molecule has 0 unspecified atom stereocenters. The zero-order chi connectivity index (χ0) is 21.1. The first-order valence-electron chi connectivity index (χ1n) is 8.90. The van der Waals surface area contributed by atoms with Crippen molar-refractivity contribution in [2.75, 3.05) is 13.7 Å². The first-order chi connectivity index (χ1) is 13.8. The molecule has 1 heterocycles. The van der Waals surface area contributed by atoms with Crippen LogP contribution in [-0.4, -0.2) is 30.0 Å². The zero-order valence-electron chi connectivity index (χ0n) is 16.4. The van der Waals surface area contributed by atoms with E-state index in [1.54, 1.807) is 13.2 Å². The second-order valence-electron chi connectivity index (χ2n) is 6.53. The molecule has 0 atom stereocenters. The lowest BCUT2D eigenvalue weighted by molar-refractivity contribution is 0.0911. The molecule has 0 bridgehead atoms. The Hall–Kier alpha value is -3.25. The van der Waals surface area contributed by atoms with E-state index in [0.717, 1.165) is 22.8 Å².